The van der Waals surface area contributed by atoms with Crippen molar-refractivity contribution in [3.63, 3.8) is 0 Å². The van der Waals surface area contributed by atoms with Crippen molar-refractivity contribution in [3.8, 4) is 5.75 Å². The van der Waals surface area contributed by atoms with Gasteiger partial charge in [-0.05, 0) is 24.6 Å². The third-order valence-corrected chi connectivity index (χ3v) is 5.16. The first-order valence-corrected chi connectivity index (χ1v) is 8.99. The predicted molar refractivity (Wildman–Crippen MR) is 92.2 cm³/mol. The van der Waals surface area contributed by atoms with Crippen LogP contribution in [0.5, 0.6) is 5.75 Å². The van der Waals surface area contributed by atoms with Gasteiger partial charge in [0.25, 0.3) is 0 Å². The molecule has 0 amide bonds. The monoisotopic (exact) mass is 371 g/mol. The molecule has 0 radical (unpaired) electrons. The standard InChI is InChI=1S/C17H20F3N3OS/c1-2-24-14-5-3-13(4-6-14)12-22-7-9-23(10-8-22)16-21-11-15(25-16)17(18,19)20/h3-6,11H,2,7-10,12H2,1H3. The molecule has 25 heavy (non-hydrogen) atoms. The summed E-state index contributed by atoms with van der Waals surface area (Å²) >= 11 is 0.715. The van der Waals surface area contributed by atoms with Crippen molar-refractivity contribution in [2.75, 3.05) is 37.7 Å². The van der Waals surface area contributed by atoms with Crippen LogP contribution in [0.1, 0.15) is 17.4 Å². The number of anilines is 1. The van der Waals surface area contributed by atoms with Crippen LogP contribution in [0.15, 0.2) is 30.5 Å². The summed E-state index contributed by atoms with van der Waals surface area (Å²) in [7, 11) is 0. The van der Waals surface area contributed by atoms with Crippen molar-refractivity contribution in [1.29, 1.82) is 0 Å². The van der Waals surface area contributed by atoms with Crippen molar-refractivity contribution in [1.82, 2.24) is 9.88 Å². The Kier molecular flexibility index (Phi) is 5.48. The van der Waals surface area contributed by atoms with Gasteiger partial charge in [0.05, 0.1) is 12.8 Å². The summed E-state index contributed by atoms with van der Waals surface area (Å²) in [5.74, 6) is 0.861. The molecule has 1 aliphatic heterocycles. The highest BCUT2D eigenvalue weighted by atomic mass is 32.1. The molecule has 2 aromatic rings. The molecule has 1 fully saturated rings. The van der Waals surface area contributed by atoms with Gasteiger partial charge in [0.1, 0.15) is 10.6 Å². The lowest BCUT2D eigenvalue weighted by Crippen LogP contribution is -2.45. The summed E-state index contributed by atoms with van der Waals surface area (Å²) in [6.07, 6.45) is -3.39. The fraction of sp³-hybridized carbons (Fsp3) is 0.471. The summed E-state index contributed by atoms with van der Waals surface area (Å²) < 4.78 is 43.5. The second-order valence-corrected chi connectivity index (χ2v) is 6.85. The van der Waals surface area contributed by atoms with E-state index in [0.29, 0.717) is 36.2 Å². The van der Waals surface area contributed by atoms with E-state index in [0.717, 1.165) is 31.6 Å². The fourth-order valence-corrected chi connectivity index (χ4v) is 3.59. The molecule has 4 nitrogen and oxygen atoms in total. The number of benzene rings is 1. The third-order valence-electron chi connectivity index (χ3n) is 4.06. The van der Waals surface area contributed by atoms with Gasteiger partial charge in [-0.15, -0.1) is 0 Å². The zero-order valence-corrected chi connectivity index (χ0v) is 14.7. The molecule has 3 rings (SSSR count). The lowest BCUT2D eigenvalue weighted by atomic mass is 10.2. The lowest BCUT2D eigenvalue weighted by molar-refractivity contribution is -0.134. The van der Waals surface area contributed by atoms with Crippen LogP contribution < -0.4 is 9.64 Å². The van der Waals surface area contributed by atoms with Crippen LogP contribution in [0.3, 0.4) is 0 Å². The number of nitrogens with zero attached hydrogens (tertiary/aromatic N) is 3. The van der Waals surface area contributed by atoms with E-state index in [2.05, 4.69) is 9.88 Å². The Bertz CT molecular complexity index is 679. The molecule has 8 heteroatoms. The Morgan fingerprint density at radius 1 is 1.12 bits per heavy atom. The van der Waals surface area contributed by atoms with Gasteiger partial charge >= 0.3 is 6.18 Å². The molecule has 0 atom stereocenters. The van der Waals surface area contributed by atoms with E-state index in [4.69, 9.17) is 4.74 Å². The van der Waals surface area contributed by atoms with Gasteiger partial charge in [-0.25, -0.2) is 4.98 Å². The molecule has 0 aliphatic carbocycles. The molecule has 1 saturated heterocycles. The molecule has 0 bridgehead atoms. The second kappa shape index (κ2) is 7.61. The van der Waals surface area contributed by atoms with Crippen molar-refractivity contribution < 1.29 is 17.9 Å². The number of hydrogen-bond acceptors (Lipinski definition) is 5. The Balaban J connectivity index is 1.52. The van der Waals surface area contributed by atoms with Crippen molar-refractivity contribution in [2.45, 2.75) is 19.6 Å². The molecule has 1 aliphatic rings. The molecule has 1 aromatic carbocycles. The first-order valence-electron chi connectivity index (χ1n) is 8.18. The molecule has 0 N–H and O–H groups in total. The van der Waals surface area contributed by atoms with Crippen molar-refractivity contribution >= 4 is 16.5 Å². The Labute approximate surface area is 148 Å². The van der Waals surface area contributed by atoms with Gasteiger partial charge in [0.2, 0.25) is 0 Å². The normalized spacial score (nSPS) is 16.2. The number of rotatable bonds is 5. The quantitative estimate of drug-likeness (QED) is 0.798. The maximum Gasteiger partial charge on any atom is 0.427 e. The van der Waals surface area contributed by atoms with Gasteiger partial charge in [0.15, 0.2) is 5.13 Å². The smallest absolute Gasteiger partial charge is 0.427 e. The molecule has 0 spiro atoms. The van der Waals surface area contributed by atoms with E-state index in [9.17, 15) is 13.2 Å². The summed E-state index contributed by atoms with van der Waals surface area (Å²) in [5.41, 5.74) is 1.20. The van der Waals surface area contributed by atoms with Crippen LogP contribution in [-0.4, -0.2) is 42.7 Å². The maximum atomic E-state index is 12.7. The number of piperazine rings is 1. The number of thiazole rings is 1. The van der Waals surface area contributed by atoms with Crippen LogP contribution in [0.2, 0.25) is 0 Å². The molecule has 1 aromatic heterocycles. The third kappa shape index (κ3) is 4.64. The minimum Gasteiger partial charge on any atom is -0.494 e. The number of ether oxygens (including phenoxy) is 1. The second-order valence-electron chi connectivity index (χ2n) is 5.85. The van der Waals surface area contributed by atoms with Gasteiger partial charge in [-0.3, -0.25) is 4.90 Å². The number of alkyl halides is 3. The van der Waals surface area contributed by atoms with Crippen LogP contribution in [0.25, 0.3) is 0 Å². The van der Waals surface area contributed by atoms with Gasteiger partial charge < -0.3 is 9.64 Å². The van der Waals surface area contributed by atoms with Crippen LogP contribution >= 0.6 is 11.3 Å². The van der Waals surface area contributed by atoms with Gasteiger partial charge in [-0.1, -0.05) is 23.5 Å². The van der Waals surface area contributed by atoms with E-state index in [1.54, 1.807) is 0 Å². The predicted octanol–water partition coefficient (Wildman–Crippen LogP) is 3.88. The van der Waals surface area contributed by atoms with Gasteiger partial charge in [0, 0.05) is 32.7 Å². The average molecular weight is 371 g/mol. The molecule has 0 saturated carbocycles. The number of hydrogen-bond donors (Lipinski definition) is 0. The summed E-state index contributed by atoms with van der Waals surface area (Å²) in [5, 5.41) is 0.452. The fourth-order valence-electron chi connectivity index (χ4n) is 2.76. The average Bonchev–Trinajstić information content (AvgIpc) is 3.08. The van der Waals surface area contributed by atoms with E-state index >= 15 is 0 Å². The number of halogens is 3. The summed E-state index contributed by atoms with van der Waals surface area (Å²) in [4.78, 5) is 7.52. The first kappa shape index (κ1) is 18.0. The van der Waals surface area contributed by atoms with E-state index < -0.39 is 11.1 Å². The zero-order valence-electron chi connectivity index (χ0n) is 13.9. The SMILES string of the molecule is CCOc1ccc(CN2CCN(c3ncc(C(F)(F)F)s3)CC2)cc1. The first-order chi connectivity index (χ1) is 12.0. The minimum atomic E-state index is -4.31. The van der Waals surface area contributed by atoms with Crippen molar-refractivity contribution in [2.24, 2.45) is 0 Å². The Hall–Kier alpha value is -1.80. The topological polar surface area (TPSA) is 28.6 Å². The maximum absolute atomic E-state index is 12.7. The Morgan fingerprint density at radius 3 is 2.36 bits per heavy atom. The molecule has 136 valence electrons. The largest absolute Gasteiger partial charge is 0.494 e. The lowest BCUT2D eigenvalue weighted by Gasteiger charge is -2.34. The zero-order chi connectivity index (χ0) is 17.9. The number of aromatic nitrogens is 1. The highest BCUT2D eigenvalue weighted by Crippen LogP contribution is 2.36. The summed E-state index contributed by atoms with van der Waals surface area (Å²) in [6.45, 7) is 6.39. The van der Waals surface area contributed by atoms with E-state index in [-0.39, 0.29) is 0 Å². The highest BCUT2D eigenvalue weighted by Gasteiger charge is 2.34. The molecule has 2 heterocycles. The summed E-state index contributed by atoms with van der Waals surface area (Å²) in [6, 6.07) is 8.02. The van der Waals surface area contributed by atoms with E-state index in [1.807, 2.05) is 36.1 Å². The minimum absolute atomic E-state index is 0.452. The van der Waals surface area contributed by atoms with Crippen LogP contribution in [0.4, 0.5) is 18.3 Å². The van der Waals surface area contributed by atoms with Crippen LogP contribution in [0, 0.1) is 0 Å². The van der Waals surface area contributed by atoms with E-state index in [1.165, 1.54) is 5.56 Å². The Morgan fingerprint density at radius 2 is 1.80 bits per heavy atom. The highest BCUT2D eigenvalue weighted by molar-refractivity contribution is 7.15. The molecular formula is C17H20F3N3OS. The molecular weight excluding hydrogens is 351 g/mol. The van der Waals surface area contributed by atoms with Crippen molar-refractivity contribution in [3.05, 3.63) is 40.9 Å². The van der Waals surface area contributed by atoms with Gasteiger partial charge in [-0.2, -0.15) is 13.2 Å². The molecule has 0 unspecified atom stereocenters. The van der Waals surface area contributed by atoms with Crippen LogP contribution in [-0.2, 0) is 12.7 Å².